The van der Waals surface area contributed by atoms with Crippen molar-refractivity contribution in [3.05, 3.63) is 115 Å². The lowest BCUT2D eigenvalue weighted by Gasteiger charge is -2.34. The van der Waals surface area contributed by atoms with E-state index >= 15 is 0 Å². The smallest absolute Gasteiger partial charge is 0.306 e. The Morgan fingerprint density at radius 2 is 0.822 bits per heavy atom. The number of hydrogen-bond acceptors (Lipinski definition) is 12. The largest absolute Gasteiger partial charge is 0.507 e. The number of esters is 1. The zero-order valence-corrected chi connectivity index (χ0v) is 47.2. The first-order valence-electron chi connectivity index (χ1n) is 26.1. The van der Waals surface area contributed by atoms with Crippen LogP contribution in [0.5, 0.6) is 23.0 Å². The van der Waals surface area contributed by atoms with E-state index in [4.69, 9.17) is 29.2 Å². The molecule has 0 saturated heterocycles. The Morgan fingerprint density at radius 3 is 1.22 bits per heavy atom. The van der Waals surface area contributed by atoms with Gasteiger partial charge in [-0.25, -0.2) is 24.4 Å². The van der Waals surface area contributed by atoms with Crippen molar-refractivity contribution in [2.75, 3.05) is 33.0 Å². The highest BCUT2D eigenvalue weighted by Gasteiger charge is 2.38. The molecule has 0 spiro atoms. The summed E-state index contributed by atoms with van der Waals surface area (Å²) in [7, 11) is 0. The molecule has 0 heterocycles. The van der Waals surface area contributed by atoms with E-state index in [9.17, 15) is 30.5 Å². The zero-order valence-electron chi connectivity index (χ0n) is 47.2. The molecule has 5 N–H and O–H groups in total. The fraction of sp³-hybridized carbons (Fsp3) is 0.590. The third-order valence-electron chi connectivity index (χ3n) is 13.7. The Kier molecular flexibility index (Phi) is 21.4. The summed E-state index contributed by atoms with van der Waals surface area (Å²) >= 11 is 0. The van der Waals surface area contributed by atoms with E-state index in [1.807, 2.05) is 84.9 Å². The second kappa shape index (κ2) is 25.7. The standard InChI is InChI=1S/C61H90O12/c1-39-27-45(28-40(2)53(39)63)22-24-52(62)68-36-61(35-47(73-67)23-21-46-30-42(4)55(65)49(34-46)58(8,9)10,37-71-69-25-17-19-43-29-41(3)54(64)48(31-43)57(5,6)7)38-72-70-26-18-20-44-32-50(59(11,12)13)56(66)51(33-44)60(14,15)16/h27-34,47,63-67H,17-26,35-38H2,1-16H3. The van der Waals surface area contributed by atoms with E-state index in [0.717, 1.165) is 66.8 Å². The molecule has 2 unspecified atom stereocenters. The summed E-state index contributed by atoms with van der Waals surface area (Å²) in [5.41, 5.74) is 8.31. The molecule has 0 radical (unpaired) electrons. The first-order valence-corrected chi connectivity index (χ1v) is 26.1. The molecule has 0 aromatic heterocycles. The van der Waals surface area contributed by atoms with Gasteiger partial charge in [-0.3, -0.25) is 10.1 Å². The zero-order chi connectivity index (χ0) is 54.7. The molecular formula is C61H90O12. The monoisotopic (exact) mass is 1010 g/mol. The van der Waals surface area contributed by atoms with Gasteiger partial charge in [-0.2, -0.15) is 0 Å². The third-order valence-corrected chi connectivity index (χ3v) is 13.7. The van der Waals surface area contributed by atoms with Crippen LogP contribution in [0, 0.1) is 33.1 Å². The number of benzene rings is 4. The predicted molar refractivity (Wildman–Crippen MR) is 289 cm³/mol. The van der Waals surface area contributed by atoms with E-state index in [0.29, 0.717) is 56.4 Å². The number of hydrogen-bond donors (Lipinski definition) is 5. The average Bonchev–Trinajstić information content (AvgIpc) is 3.28. The van der Waals surface area contributed by atoms with Crippen molar-refractivity contribution in [2.24, 2.45) is 5.41 Å². The number of carbonyl (C=O) groups is 1. The maximum absolute atomic E-state index is 13.6. The molecule has 0 aliphatic carbocycles. The molecule has 406 valence electrons. The van der Waals surface area contributed by atoms with Gasteiger partial charge in [0.1, 0.15) is 29.6 Å². The lowest BCUT2D eigenvalue weighted by Crippen LogP contribution is -2.42. The highest BCUT2D eigenvalue weighted by Crippen LogP contribution is 2.41. The van der Waals surface area contributed by atoms with Crippen molar-refractivity contribution < 1.29 is 59.7 Å². The van der Waals surface area contributed by atoms with Crippen molar-refractivity contribution in [3.8, 4) is 23.0 Å². The number of phenols is 4. The fourth-order valence-corrected chi connectivity index (χ4v) is 9.29. The van der Waals surface area contributed by atoms with Crippen molar-refractivity contribution in [1.29, 1.82) is 0 Å². The quantitative estimate of drug-likeness (QED) is 0.0184. The van der Waals surface area contributed by atoms with Crippen LogP contribution in [-0.4, -0.2) is 70.8 Å². The van der Waals surface area contributed by atoms with Crippen LogP contribution >= 0.6 is 0 Å². The van der Waals surface area contributed by atoms with Crippen LogP contribution in [0.25, 0.3) is 0 Å². The highest BCUT2D eigenvalue weighted by molar-refractivity contribution is 5.69. The summed E-state index contributed by atoms with van der Waals surface area (Å²) in [6.07, 6.45) is 3.25. The van der Waals surface area contributed by atoms with E-state index in [2.05, 4.69) is 74.4 Å². The summed E-state index contributed by atoms with van der Waals surface area (Å²) in [6, 6.07) is 15.8. The SMILES string of the molecule is Cc1cc(CCC(=O)OCC(COOCCCc2cc(C)c(O)c(C(C)(C)C)c2)(COOCCCc2cc(C(C)(C)C)c(O)c(C(C)(C)C)c2)CC(CCc2cc(C)c(O)c(C(C)(C)C)c2)OO)cc(C)c1O. The van der Waals surface area contributed by atoms with Gasteiger partial charge in [-0.05, 0) is 167 Å². The van der Waals surface area contributed by atoms with Gasteiger partial charge in [-0.15, -0.1) is 0 Å². The normalized spacial score (nSPS) is 13.8. The first kappa shape index (κ1) is 60.9. The maximum Gasteiger partial charge on any atom is 0.306 e. The molecule has 73 heavy (non-hydrogen) atoms. The molecule has 0 aliphatic heterocycles. The van der Waals surface area contributed by atoms with E-state index in [1.165, 1.54) is 0 Å². The van der Waals surface area contributed by atoms with Crippen molar-refractivity contribution >= 4 is 5.97 Å². The van der Waals surface area contributed by atoms with Crippen LogP contribution in [0.15, 0.2) is 48.5 Å². The number of rotatable bonds is 25. The molecule has 12 nitrogen and oxygen atoms in total. The summed E-state index contributed by atoms with van der Waals surface area (Å²) in [6.45, 7) is 32.4. The Morgan fingerprint density at radius 1 is 0.466 bits per heavy atom. The summed E-state index contributed by atoms with van der Waals surface area (Å²) in [5.74, 6) is 0.673. The van der Waals surface area contributed by atoms with Crippen molar-refractivity contribution in [2.45, 2.75) is 196 Å². The summed E-state index contributed by atoms with van der Waals surface area (Å²) < 4.78 is 6.06. The van der Waals surface area contributed by atoms with Crippen LogP contribution in [0.1, 0.15) is 182 Å². The molecule has 4 rings (SSSR count). The van der Waals surface area contributed by atoms with Crippen molar-refractivity contribution in [1.82, 2.24) is 0 Å². The second-order valence-electron chi connectivity index (χ2n) is 24.7. The topological polar surface area (TPSA) is 174 Å². The molecule has 0 saturated carbocycles. The van der Waals surface area contributed by atoms with Gasteiger partial charge in [0, 0.05) is 6.42 Å². The van der Waals surface area contributed by atoms with Gasteiger partial charge in [0.15, 0.2) is 0 Å². The van der Waals surface area contributed by atoms with Crippen LogP contribution < -0.4 is 0 Å². The predicted octanol–water partition coefficient (Wildman–Crippen LogP) is 13.4. The first-order chi connectivity index (χ1) is 33.8. The van der Waals surface area contributed by atoms with Gasteiger partial charge in [0.05, 0.1) is 37.9 Å². The number of phenolic OH excluding ortho intramolecular Hbond substituents is 4. The lowest BCUT2D eigenvalue weighted by atomic mass is 9.78. The number of ether oxygens (including phenoxy) is 1. The minimum Gasteiger partial charge on any atom is -0.507 e. The molecule has 0 aliphatic rings. The van der Waals surface area contributed by atoms with Gasteiger partial charge in [-0.1, -0.05) is 132 Å². The molecule has 0 bridgehead atoms. The minimum atomic E-state index is -1.15. The Labute approximate surface area is 437 Å². The fourth-order valence-electron chi connectivity index (χ4n) is 9.29. The molecule has 4 aromatic rings. The maximum atomic E-state index is 13.6. The highest BCUT2D eigenvalue weighted by atomic mass is 17.2. The van der Waals surface area contributed by atoms with E-state index < -0.39 is 17.5 Å². The van der Waals surface area contributed by atoms with Gasteiger partial charge in [0.2, 0.25) is 0 Å². The number of aromatic hydroxyl groups is 4. The molecular weight excluding hydrogens is 925 g/mol. The van der Waals surface area contributed by atoms with Crippen LogP contribution in [0.4, 0.5) is 0 Å². The summed E-state index contributed by atoms with van der Waals surface area (Å²) in [5, 5.41) is 53.8. The van der Waals surface area contributed by atoms with Gasteiger partial charge in [0.25, 0.3) is 0 Å². The van der Waals surface area contributed by atoms with Gasteiger partial charge >= 0.3 is 5.97 Å². The third kappa shape index (κ3) is 18.0. The van der Waals surface area contributed by atoms with E-state index in [-0.39, 0.29) is 79.0 Å². The number of carbonyl (C=O) groups excluding carboxylic acids is 1. The van der Waals surface area contributed by atoms with Crippen LogP contribution in [0.3, 0.4) is 0 Å². The second-order valence-corrected chi connectivity index (χ2v) is 24.7. The Bertz CT molecular complexity index is 2390. The minimum absolute atomic E-state index is 0.0729. The lowest BCUT2D eigenvalue weighted by molar-refractivity contribution is -0.352. The van der Waals surface area contributed by atoms with Crippen LogP contribution in [0.2, 0.25) is 0 Å². The van der Waals surface area contributed by atoms with Crippen LogP contribution in [-0.2, 0) is 81.3 Å². The molecule has 0 fully saturated rings. The summed E-state index contributed by atoms with van der Waals surface area (Å²) in [4.78, 5) is 42.5. The van der Waals surface area contributed by atoms with E-state index in [1.54, 1.807) is 0 Å². The molecule has 2 atom stereocenters. The molecule has 12 heteroatoms. The number of aryl methyl sites for hydroxylation is 8. The Balaban J connectivity index is 1.58. The molecule has 4 aromatic carbocycles. The Hall–Kier alpha value is -4.69. The average molecular weight is 1020 g/mol. The molecule has 0 amide bonds. The van der Waals surface area contributed by atoms with Crippen molar-refractivity contribution in [3.63, 3.8) is 0 Å². The van der Waals surface area contributed by atoms with Gasteiger partial charge < -0.3 is 25.2 Å².